The highest BCUT2D eigenvalue weighted by atomic mass is 16.1. The summed E-state index contributed by atoms with van der Waals surface area (Å²) >= 11 is 0. The van der Waals surface area contributed by atoms with Gasteiger partial charge in [-0.1, -0.05) is 12.1 Å². The molecule has 0 spiro atoms. The molecule has 4 heterocycles. The van der Waals surface area contributed by atoms with Crippen molar-refractivity contribution < 1.29 is 0 Å². The third kappa shape index (κ3) is 2.46. The van der Waals surface area contributed by atoms with E-state index in [0.717, 1.165) is 47.4 Å². The van der Waals surface area contributed by atoms with Crippen LogP contribution in [-0.2, 0) is 7.05 Å². The molecule has 0 radical (unpaired) electrons. The molecule has 1 saturated heterocycles. The molecule has 0 amide bonds. The van der Waals surface area contributed by atoms with E-state index in [-0.39, 0.29) is 11.6 Å². The largest absolute Gasteiger partial charge is 0.346 e. The van der Waals surface area contributed by atoms with Crippen molar-refractivity contribution >= 4 is 27.6 Å². The van der Waals surface area contributed by atoms with E-state index in [1.165, 1.54) is 0 Å². The average Bonchev–Trinajstić information content (AvgIpc) is 3.19. The van der Waals surface area contributed by atoms with Gasteiger partial charge in [-0.05, 0) is 31.0 Å². The van der Waals surface area contributed by atoms with Gasteiger partial charge in [0.1, 0.15) is 18.0 Å². The second-order valence-electron chi connectivity index (χ2n) is 6.79. The van der Waals surface area contributed by atoms with E-state index >= 15 is 0 Å². The van der Waals surface area contributed by atoms with Crippen LogP contribution in [0.1, 0.15) is 24.7 Å². The summed E-state index contributed by atoms with van der Waals surface area (Å²) in [6.07, 6.45) is 7.01. The molecule has 27 heavy (non-hydrogen) atoms. The fraction of sp³-hybridized carbons (Fsp3) is 0.250. The van der Waals surface area contributed by atoms with Crippen molar-refractivity contribution in [2.45, 2.75) is 18.9 Å². The van der Waals surface area contributed by atoms with Gasteiger partial charge in [0.25, 0.3) is 5.56 Å². The Kier molecular flexibility index (Phi) is 3.60. The second-order valence-corrected chi connectivity index (χ2v) is 6.79. The molecular weight excluding hydrogens is 340 g/mol. The van der Waals surface area contributed by atoms with Crippen molar-refractivity contribution in [1.29, 1.82) is 0 Å². The van der Waals surface area contributed by atoms with E-state index in [4.69, 9.17) is 4.98 Å². The summed E-state index contributed by atoms with van der Waals surface area (Å²) < 4.78 is 1.68. The van der Waals surface area contributed by atoms with Crippen molar-refractivity contribution in [3.05, 3.63) is 65.2 Å². The molecule has 1 aromatic carbocycles. The van der Waals surface area contributed by atoms with E-state index in [9.17, 15) is 4.79 Å². The summed E-state index contributed by atoms with van der Waals surface area (Å²) in [4.78, 5) is 32.9. The zero-order chi connectivity index (χ0) is 18.4. The van der Waals surface area contributed by atoms with E-state index in [0.29, 0.717) is 5.39 Å². The summed E-state index contributed by atoms with van der Waals surface area (Å²) in [6.45, 7) is 0.863. The molecule has 0 N–H and O–H groups in total. The molecule has 7 heteroatoms. The molecule has 0 bridgehead atoms. The number of para-hydroxylation sites is 1. The van der Waals surface area contributed by atoms with E-state index in [1.807, 2.05) is 30.3 Å². The fourth-order valence-electron chi connectivity index (χ4n) is 3.94. The van der Waals surface area contributed by atoms with E-state index in [1.54, 1.807) is 30.3 Å². The highest BCUT2D eigenvalue weighted by Gasteiger charge is 2.31. The average molecular weight is 358 g/mol. The Morgan fingerprint density at radius 2 is 1.96 bits per heavy atom. The van der Waals surface area contributed by atoms with Gasteiger partial charge in [0, 0.05) is 25.2 Å². The van der Waals surface area contributed by atoms with Crippen LogP contribution >= 0.6 is 0 Å². The van der Waals surface area contributed by atoms with Crippen LogP contribution in [0.3, 0.4) is 0 Å². The van der Waals surface area contributed by atoms with Crippen molar-refractivity contribution in [1.82, 2.24) is 24.5 Å². The molecule has 5 rings (SSSR count). The first kappa shape index (κ1) is 15.9. The standard InChI is InChI=1S/C20H18N6O/c1-25-19(24-15-6-3-2-5-14(15)20(25)27)17-7-4-10-26(17)18-13-8-9-21-11-16(13)22-12-23-18/h2-3,5-6,8-9,11-12,17H,4,7,10H2,1H3. The monoisotopic (exact) mass is 358 g/mol. The maximum absolute atomic E-state index is 12.8. The van der Waals surface area contributed by atoms with Gasteiger partial charge in [0.2, 0.25) is 0 Å². The number of benzene rings is 1. The van der Waals surface area contributed by atoms with Gasteiger partial charge in [-0.15, -0.1) is 0 Å². The highest BCUT2D eigenvalue weighted by molar-refractivity contribution is 5.88. The number of hydrogen-bond donors (Lipinski definition) is 0. The second kappa shape index (κ2) is 6.12. The Hall–Kier alpha value is -3.35. The minimum atomic E-state index is -0.0146. The summed E-state index contributed by atoms with van der Waals surface area (Å²) in [7, 11) is 1.80. The first-order valence-electron chi connectivity index (χ1n) is 9.01. The van der Waals surface area contributed by atoms with Crippen LogP contribution < -0.4 is 10.5 Å². The maximum Gasteiger partial charge on any atom is 0.261 e. The lowest BCUT2D eigenvalue weighted by Gasteiger charge is -2.27. The fourth-order valence-corrected chi connectivity index (χ4v) is 3.94. The smallest absolute Gasteiger partial charge is 0.261 e. The minimum absolute atomic E-state index is 0.00132. The molecule has 1 atom stereocenters. The predicted molar refractivity (Wildman–Crippen MR) is 104 cm³/mol. The van der Waals surface area contributed by atoms with Crippen LogP contribution in [0.5, 0.6) is 0 Å². The normalized spacial score (nSPS) is 17.1. The Bertz CT molecular complexity index is 1210. The van der Waals surface area contributed by atoms with Crippen molar-refractivity contribution in [3.63, 3.8) is 0 Å². The molecule has 0 saturated carbocycles. The third-order valence-corrected chi connectivity index (χ3v) is 5.26. The number of anilines is 1. The Labute approximate surface area is 155 Å². The molecule has 3 aromatic heterocycles. The van der Waals surface area contributed by atoms with Gasteiger partial charge in [0.05, 0.1) is 28.7 Å². The van der Waals surface area contributed by atoms with Crippen LogP contribution in [0.4, 0.5) is 5.82 Å². The predicted octanol–water partition coefficient (Wildman–Crippen LogP) is 2.61. The Balaban J connectivity index is 1.68. The number of aromatic nitrogens is 5. The molecular formula is C20H18N6O. The molecule has 1 aliphatic rings. The van der Waals surface area contributed by atoms with Crippen molar-refractivity contribution in [2.75, 3.05) is 11.4 Å². The topological polar surface area (TPSA) is 76.8 Å². The SMILES string of the molecule is Cn1c(C2CCCN2c2ncnc3cnccc23)nc2ccccc2c1=O. The number of nitrogens with zero attached hydrogens (tertiary/aromatic N) is 6. The Morgan fingerprint density at radius 1 is 1.07 bits per heavy atom. The number of fused-ring (bicyclic) bond motifs is 2. The quantitative estimate of drug-likeness (QED) is 0.548. The number of hydrogen-bond acceptors (Lipinski definition) is 6. The summed E-state index contributed by atoms with van der Waals surface area (Å²) in [6, 6.07) is 9.44. The lowest BCUT2D eigenvalue weighted by atomic mass is 10.1. The first-order chi connectivity index (χ1) is 13.2. The molecule has 1 unspecified atom stereocenters. The van der Waals surface area contributed by atoms with Crippen LogP contribution in [0.2, 0.25) is 0 Å². The molecule has 4 aromatic rings. The van der Waals surface area contributed by atoms with Crippen LogP contribution in [0.15, 0.2) is 53.8 Å². The number of pyridine rings is 1. The zero-order valence-electron chi connectivity index (χ0n) is 14.9. The van der Waals surface area contributed by atoms with Gasteiger partial charge in [-0.3, -0.25) is 14.3 Å². The van der Waals surface area contributed by atoms with Crippen LogP contribution in [0, 0.1) is 0 Å². The number of rotatable bonds is 2. The van der Waals surface area contributed by atoms with Gasteiger partial charge >= 0.3 is 0 Å². The highest BCUT2D eigenvalue weighted by Crippen LogP contribution is 2.36. The lowest BCUT2D eigenvalue weighted by molar-refractivity contribution is 0.608. The molecule has 134 valence electrons. The van der Waals surface area contributed by atoms with Crippen LogP contribution in [0.25, 0.3) is 21.8 Å². The molecule has 7 nitrogen and oxygen atoms in total. The van der Waals surface area contributed by atoms with Gasteiger partial charge in [-0.25, -0.2) is 15.0 Å². The van der Waals surface area contributed by atoms with Gasteiger partial charge < -0.3 is 4.90 Å². The van der Waals surface area contributed by atoms with Gasteiger partial charge in [0.15, 0.2) is 0 Å². The summed E-state index contributed by atoms with van der Waals surface area (Å²) in [5.74, 6) is 1.64. The van der Waals surface area contributed by atoms with Crippen molar-refractivity contribution in [2.24, 2.45) is 7.05 Å². The zero-order valence-corrected chi connectivity index (χ0v) is 14.9. The first-order valence-corrected chi connectivity index (χ1v) is 9.01. The summed E-state index contributed by atoms with van der Waals surface area (Å²) in [5.41, 5.74) is 1.53. The van der Waals surface area contributed by atoms with Crippen LogP contribution in [-0.4, -0.2) is 31.0 Å². The van der Waals surface area contributed by atoms with Crippen molar-refractivity contribution in [3.8, 4) is 0 Å². The maximum atomic E-state index is 12.8. The molecule has 0 aliphatic carbocycles. The Morgan fingerprint density at radius 3 is 2.89 bits per heavy atom. The van der Waals surface area contributed by atoms with E-state index < -0.39 is 0 Å². The lowest BCUT2D eigenvalue weighted by Crippen LogP contribution is -2.31. The third-order valence-electron chi connectivity index (χ3n) is 5.26. The summed E-state index contributed by atoms with van der Waals surface area (Å²) in [5, 5.41) is 1.61. The molecule has 1 aliphatic heterocycles. The van der Waals surface area contributed by atoms with Gasteiger partial charge in [-0.2, -0.15) is 0 Å². The molecule has 1 fully saturated rings. The minimum Gasteiger partial charge on any atom is -0.346 e. The van der Waals surface area contributed by atoms with E-state index in [2.05, 4.69) is 19.9 Å².